The molecule has 2 nitrogen and oxygen atoms in total. The smallest absolute Gasteiger partial charge is 0.0672 e. The molecule has 1 rings (SSSR count). The van der Waals surface area contributed by atoms with Crippen LogP contribution in [0.3, 0.4) is 0 Å². The van der Waals surface area contributed by atoms with E-state index in [2.05, 4.69) is 38.7 Å². The van der Waals surface area contributed by atoms with Crippen LogP contribution in [0.5, 0.6) is 0 Å². The van der Waals surface area contributed by atoms with Gasteiger partial charge in [-0.05, 0) is 37.6 Å². The molecule has 1 saturated carbocycles. The fraction of sp³-hybridized carbons (Fsp3) is 0.938. The van der Waals surface area contributed by atoms with Gasteiger partial charge in [-0.1, -0.05) is 40.5 Å². The highest BCUT2D eigenvalue weighted by molar-refractivity contribution is 4.97. The van der Waals surface area contributed by atoms with Crippen molar-refractivity contribution in [2.24, 2.45) is 17.8 Å². The van der Waals surface area contributed by atoms with Crippen molar-refractivity contribution in [3.8, 4) is 6.07 Å². The van der Waals surface area contributed by atoms with Crippen molar-refractivity contribution < 1.29 is 0 Å². The van der Waals surface area contributed by atoms with Crippen molar-refractivity contribution >= 4 is 0 Å². The fourth-order valence-electron chi connectivity index (χ4n) is 3.42. The molecular formula is C16H30N2. The zero-order valence-corrected chi connectivity index (χ0v) is 12.7. The van der Waals surface area contributed by atoms with E-state index in [-0.39, 0.29) is 5.92 Å². The van der Waals surface area contributed by atoms with Crippen molar-refractivity contribution in [1.82, 2.24) is 4.90 Å². The Morgan fingerprint density at radius 1 is 1.28 bits per heavy atom. The van der Waals surface area contributed by atoms with Gasteiger partial charge < -0.3 is 0 Å². The molecule has 0 heterocycles. The minimum Gasteiger partial charge on any atom is -0.299 e. The van der Waals surface area contributed by atoms with E-state index in [1.165, 1.54) is 25.7 Å². The highest BCUT2D eigenvalue weighted by Crippen LogP contribution is 2.34. The van der Waals surface area contributed by atoms with E-state index in [1.54, 1.807) is 0 Å². The Bertz CT molecular complexity index is 267. The summed E-state index contributed by atoms with van der Waals surface area (Å²) >= 11 is 0. The number of hydrogen-bond acceptors (Lipinski definition) is 2. The second-order valence-electron chi connectivity index (χ2n) is 6.25. The molecule has 0 aromatic heterocycles. The van der Waals surface area contributed by atoms with Crippen LogP contribution >= 0.6 is 0 Å². The molecule has 0 bridgehead atoms. The summed E-state index contributed by atoms with van der Waals surface area (Å²) in [5, 5.41) is 9.38. The van der Waals surface area contributed by atoms with Gasteiger partial charge in [0.15, 0.2) is 0 Å². The standard InChI is InChI=1S/C16H30N2/c1-5-7-14-8-9-15(11-17)16(10-14)18(6-2)12-13(3)4/h13-16H,5-10,12H2,1-4H3. The Morgan fingerprint density at radius 3 is 2.50 bits per heavy atom. The van der Waals surface area contributed by atoms with Gasteiger partial charge in [-0.2, -0.15) is 5.26 Å². The number of nitrogens with zero attached hydrogens (tertiary/aromatic N) is 2. The predicted octanol–water partition coefficient (Wildman–Crippen LogP) is 4.07. The molecule has 1 aliphatic carbocycles. The van der Waals surface area contributed by atoms with E-state index < -0.39 is 0 Å². The molecule has 3 atom stereocenters. The third-order valence-electron chi connectivity index (χ3n) is 4.26. The topological polar surface area (TPSA) is 27.0 Å². The molecule has 18 heavy (non-hydrogen) atoms. The second-order valence-corrected chi connectivity index (χ2v) is 6.25. The third kappa shape index (κ3) is 4.28. The van der Waals surface area contributed by atoms with Gasteiger partial charge in [0, 0.05) is 12.6 Å². The number of rotatable bonds is 6. The summed E-state index contributed by atoms with van der Waals surface area (Å²) in [5.74, 6) is 1.80. The first-order valence-corrected chi connectivity index (χ1v) is 7.75. The quantitative estimate of drug-likeness (QED) is 0.710. The first-order valence-electron chi connectivity index (χ1n) is 7.75. The molecule has 0 radical (unpaired) electrons. The minimum absolute atomic E-state index is 0.261. The molecule has 0 aromatic carbocycles. The first-order chi connectivity index (χ1) is 8.62. The van der Waals surface area contributed by atoms with Gasteiger partial charge in [-0.15, -0.1) is 0 Å². The largest absolute Gasteiger partial charge is 0.299 e. The monoisotopic (exact) mass is 250 g/mol. The summed E-state index contributed by atoms with van der Waals surface area (Å²) in [6.45, 7) is 11.3. The highest BCUT2D eigenvalue weighted by Gasteiger charge is 2.33. The van der Waals surface area contributed by atoms with Crippen LogP contribution in [-0.4, -0.2) is 24.0 Å². The lowest BCUT2D eigenvalue weighted by Gasteiger charge is -2.40. The van der Waals surface area contributed by atoms with Gasteiger partial charge in [0.25, 0.3) is 0 Å². The average molecular weight is 250 g/mol. The summed E-state index contributed by atoms with van der Waals surface area (Å²) in [4.78, 5) is 2.56. The van der Waals surface area contributed by atoms with Gasteiger partial charge in [-0.3, -0.25) is 4.90 Å². The molecule has 1 fully saturated rings. The van der Waals surface area contributed by atoms with E-state index in [0.29, 0.717) is 12.0 Å². The van der Waals surface area contributed by atoms with E-state index in [9.17, 15) is 5.26 Å². The van der Waals surface area contributed by atoms with Crippen LogP contribution in [0.25, 0.3) is 0 Å². The van der Waals surface area contributed by atoms with Crippen molar-refractivity contribution in [2.45, 2.75) is 65.8 Å². The molecule has 2 heteroatoms. The lowest BCUT2D eigenvalue weighted by atomic mass is 9.76. The van der Waals surface area contributed by atoms with Crippen LogP contribution in [0.15, 0.2) is 0 Å². The second kappa shape index (κ2) is 7.79. The summed E-state index contributed by atoms with van der Waals surface area (Å²) < 4.78 is 0. The van der Waals surface area contributed by atoms with Crippen molar-refractivity contribution in [3.63, 3.8) is 0 Å². The molecular weight excluding hydrogens is 220 g/mol. The Labute approximate surface area is 113 Å². The maximum Gasteiger partial charge on any atom is 0.0672 e. The van der Waals surface area contributed by atoms with Gasteiger partial charge in [-0.25, -0.2) is 0 Å². The molecule has 0 spiro atoms. The Kier molecular flexibility index (Phi) is 6.71. The van der Waals surface area contributed by atoms with Crippen LogP contribution in [0.4, 0.5) is 0 Å². The number of hydrogen-bond donors (Lipinski definition) is 0. The molecule has 3 unspecified atom stereocenters. The van der Waals surface area contributed by atoms with Crippen molar-refractivity contribution in [3.05, 3.63) is 0 Å². The maximum atomic E-state index is 9.38. The third-order valence-corrected chi connectivity index (χ3v) is 4.26. The first kappa shape index (κ1) is 15.5. The zero-order valence-electron chi connectivity index (χ0n) is 12.7. The summed E-state index contributed by atoms with van der Waals surface area (Å²) in [5.41, 5.74) is 0. The molecule has 0 aromatic rings. The highest BCUT2D eigenvalue weighted by atomic mass is 15.2. The van der Waals surface area contributed by atoms with E-state index in [0.717, 1.165) is 25.4 Å². The van der Waals surface area contributed by atoms with Crippen LogP contribution in [-0.2, 0) is 0 Å². The Morgan fingerprint density at radius 2 is 2.00 bits per heavy atom. The van der Waals surface area contributed by atoms with E-state index >= 15 is 0 Å². The molecule has 1 aliphatic rings. The lowest BCUT2D eigenvalue weighted by Crippen LogP contribution is -2.45. The van der Waals surface area contributed by atoms with Gasteiger partial charge in [0.2, 0.25) is 0 Å². The average Bonchev–Trinajstić information content (AvgIpc) is 2.36. The van der Waals surface area contributed by atoms with Gasteiger partial charge in [0.05, 0.1) is 12.0 Å². The molecule has 0 aliphatic heterocycles. The number of nitriles is 1. The van der Waals surface area contributed by atoms with Crippen LogP contribution in [0, 0.1) is 29.1 Å². The minimum atomic E-state index is 0.261. The van der Waals surface area contributed by atoms with Crippen LogP contribution in [0.2, 0.25) is 0 Å². The lowest BCUT2D eigenvalue weighted by molar-refractivity contribution is 0.0921. The van der Waals surface area contributed by atoms with Gasteiger partial charge >= 0.3 is 0 Å². The predicted molar refractivity (Wildman–Crippen MR) is 77.2 cm³/mol. The van der Waals surface area contributed by atoms with E-state index in [1.807, 2.05) is 0 Å². The van der Waals surface area contributed by atoms with Crippen LogP contribution < -0.4 is 0 Å². The van der Waals surface area contributed by atoms with Gasteiger partial charge in [0.1, 0.15) is 0 Å². The Balaban J connectivity index is 2.68. The normalized spacial score (nSPS) is 28.6. The Hall–Kier alpha value is -0.550. The van der Waals surface area contributed by atoms with Crippen molar-refractivity contribution in [1.29, 1.82) is 5.26 Å². The summed E-state index contributed by atoms with van der Waals surface area (Å²) in [6, 6.07) is 3.07. The molecule has 0 N–H and O–H groups in total. The molecule has 104 valence electrons. The SMILES string of the molecule is CCCC1CCC(C#N)C(N(CC)CC(C)C)C1. The summed E-state index contributed by atoms with van der Waals surface area (Å²) in [6.07, 6.45) is 6.24. The van der Waals surface area contributed by atoms with E-state index in [4.69, 9.17) is 0 Å². The molecule has 0 saturated heterocycles. The van der Waals surface area contributed by atoms with Crippen molar-refractivity contribution in [2.75, 3.05) is 13.1 Å². The zero-order chi connectivity index (χ0) is 13.5. The summed E-state index contributed by atoms with van der Waals surface area (Å²) in [7, 11) is 0. The van der Waals surface area contributed by atoms with Crippen LogP contribution in [0.1, 0.15) is 59.8 Å². The maximum absolute atomic E-state index is 9.38. The fourth-order valence-corrected chi connectivity index (χ4v) is 3.42. The molecule has 0 amide bonds.